The van der Waals surface area contributed by atoms with Crippen LogP contribution < -0.4 is 20.1 Å². The fraction of sp³-hybridized carbons (Fsp3) is 0.103. The second-order valence-electron chi connectivity index (χ2n) is 7.82. The summed E-state index contributed by atoms with van der Waals surface area (Å²) in [6, 6.07) is 34.5. The van der Waals surface area contributed by atoms with Crippen molar-refractivity contribution < 1.29 is 14.3 Å². The number of rotatable bonds is 9. The van der Waals surface area contributed by atoms with E-state index in [2.05, 4.69) is 22.8 Å². The highest BCUT2D eigenvalue weighted by Crippen LogP contribution is 2.19. The third-order valence-corrected chi connectivity index (χ3v) is 5.39. The lowest BCUT2D eigenvalue weighted by Crippen LogP contribution is -2.34. The molecule has 0 spiro atoms. The van der Waals surface area contributed by atoms with Gasteiger partial charge in [0.05, 0.1) is 6.61 Å². The molecule has 1 amide bonds. The number of thiocarbonyl (C=S) groups is 1. The summed E-state index contributed by atoms with van der Waals surface area (Å²) < 4.78 is 11.6. The van der Waals surface area contributed by atoms with Gasteiger partial charge in [0, 0.05) is 23.7 Å². The van der Waals surface area contributed by atoms with E-state index >= 15 is 0 Å². The summed E-state index contributed by atoms with van der Waals surface area (Å²) in [6.45, 7) is 1.04. The second-order valence-corrected chi connectivity index (χ2v) is 8.23. The summed E-state index contributed by atoms with van der Waals surface area (Å²) in [5.41, 5.74) is 3.52. The average Bonchev–Trinajstić information content (AvgIpc) is 2.89. The first-order valence-corrected chi connectivity index (χ1v) is 11.7. The maximum Gasteiger partial charge on any atom is 0.257 e. The number of benzene rings is 4. The van der Waals surface area contributed by atoms with Crippen LogP contribution in [0.15, 0.2) is 109 Å². The van der Waals surface area contributed by atoms with E-state index in [-0.39, 0.29) is 11.0 Å². The monoisotopic (exact) mass is 482 g/mol. The van der Waals surface area contributed by atoms with Crippen LogP contribution in [0.4, 0.5) is 5.69 Å². The van der Waals surface area contributed by atoms with Gasteiger partial charge < -0.3 is 14.8 Å². The van der Waals surface area contributed by atoms with Crippen LogP contribution >= 0.6 is 12.2 Å². The minimum atomic E-state index is -0.296. The quantitative estimate of drug-likeness (QED) is 0.286. The van der Waals surface area contributed by atoms with Crippen molar-refractivity contribution in [3.63, 3.8) is 0 Å². The number of hydrogen-bond acceptors (Lipinski definition) is 4. The first kappa shape index (κ1) is 24.0. The predicted octanol–water partition coefficient (Wildman–Crippen LogP) is 6.01. The summed E-state index contributed by atoms with van der Waals surface area (Å²) in [4.78, 5) is 12.6. The van der Waals surface area contributed by atoms with E-state index in [0.717, 1.165) is 17.7 Å². The fourth-order valence-electron chi connectivity index (χ4n) is 3.38. The Bertz CT molecular complexity index is 1250. The average molecular weight is 483 g/mol. The van der Waals surface area contributed by atoms with E-state index in [1.807, 2.05) is 72.8 Å². The van der Waals surface area contributed by atoms with E-state index in [1.165, 1.54) is 5.56 Å². The molecule has 0 aliphatic rings. The smallest absolute Gasteiger partial charge is 0.257 e. The van der Waals surface area contributed by atoms with Gasteiger partial charge in [-0.15, -0.1) is 0 Å². The summed E-state index contributed by atoms with van der Waals surface area (Å²) in [7, 11) is 0. The molecule has 6 heteroatoms. The molecule has 0 unspecified atom stereocenters. The molecule has 4 aromatic rings. The number of nitrogens with one attached hydrogen (secondary N) is 2. The third kappa shape index (κ3) is 7.69. The highest BCUT2D eigenvalue weighted by molar-refractivity contribution is 7.80. The Hall–Kier alpha value is -4.16. The molecule has 0 fully saturated rings. The number of ether oxygens (including phenoxy) is 2. The Morgan fingerprint density at radius 1 is 0.714 bits per heavy atom. The molecule has 176 valence electrons. The van der Waals surface area contributed by atoms with Gasteiger partial charge in [-0.3, -0.25) is 10.1 Å². The van der Waals surface area contributed by atoms with Crippen LogP contribution in [0.5, 0.6) is 11.5 Å². The normalized spacial score (nSPS) is 10.3. The van der Waals surface area contributed by atoms with Crippen molar-refractivity contribution in [3.05, 3.63) is 126 Å². The lowest BCUT2D eigenvalue weighted by atomic mass is 10.2. The number of hydrogen-bond donors (Lipinski definition) is 2. The lowest BCUT2D eigenvalue weighted by molar-refractivity contribution is 0.0977. The molecular weight excluding hydrogens is 456 g/mol. The number of amides is 1. The zero-order valence-electron chi connectivity index (χ0n) is 19.1. The Morgan fingerprint density at radius 2 is 1.40 bits per heavy atom. The molecule has 0 aromatic heterocycles. The first-order valence-electron chi connectivity index (χ1n) is 11.3. The van der Waals surface area contributed by atoms with Crippen LogP contribution in [0.2, 0.25) is 0 Å². The van der Waals surface area contributed by atoms with E-state index in [0.29, 0.717) is 30.3 Å². The van der Waals surface area contributed by atoms with Gasteiger partial charge in [0.15, 0.2) is 5.11 Å². The zero-order chi connectivity index (χ0) is 24.3. The molecule has 0 atom stereocenters. The van der Waals surface area contributed by atoms with Crippen molar-refractivity contribution in [3.8, 4) is 11.5 Å². The summed E-state index contributed by atoms with van der Waals surface area (Å²) in [5, 5.41) is 5.94. The number of carbonyl (C=O) groups excluding carboxylic acids is 1. The fourth-order valence-corrected chi connectivity index (χ4v) is 3.59. The molecular formula is C29H26N2O3S. The molecule has 0 saturated heterocycles. The summed E-state index contributed by atoms with van der Waals surface area (Å²) in [5.74, 6) is 1.12. The molecule has 35 heavy (non-hydrogen) atoms. The Morgan fingerprint density at radius 3 is 2.11 bits per heavy atom. The minimum absolute atomic E-state index is 0.207. The van der Waals surface area contributed by atoms with E-state index in [9.17, 15) is 4.79 Å². The van der Waals surface area contributed by atoms with E-state index < -0.39 is 0 Å². The van der Waals surface area contributed by atoms with Crippen LogP contribution in [-0.2, 0) is 13.0 Å². The van der Waals surface area contributed by atoms with Gasteiger partial charge in [-0.2, -0.15) is 0 Å². The topological polar surface area (TPSA) is 59.6 Å². The standard InChI is InChI=1S/C29H26N2O3S/c32-28(24-14-16-26(17-15-24)33-19-18-22-8-3-1-4-9-22)31-29(35)30-25-12-7-13-27(20-25)34-21-23-10-5-2-6-11-23/h1-17,20H,18-19,21H2,(H2,30,31,32,35). The van der Waals surface area contributed by atoms with Crippen molar-refractivity contribution in [1.29, 1.82) is 0 Å². The van der Waals surface area contributed by atoms with Crippen LogP contribution in [0.1, 0.15) is 21.5 Å². The molecule has 4 aromatic carbocycles. The highest BCUT2D eigenvalue weighted by Gasteiger charge is 2.09. The molecule has 5 nitrogen and oxygen atoms in total. The van der Waals surface area contributed by atoms with Gasteiger partial charge in [0.2, 0.25) is 0 Å². The predicted molar refractivity (Wildman–Crippen MR) is 143 cm³/mol. The summed E-state index contributed by atoms with van der Waals surface area (Å²) >= 11 is 5.32. The van der Waals surface area contributed by atoms with Crippen molar-refractivity contribution >= 4 is 28.9 Å². The second kappa shape index (κ2) is 12.3. The zero-order valence-corrected chi connectivity index (χ0v) is 20.0. The van der Waals surface area contributed by atoms with Crippen LogP contribution in [0.25, 0.3) is 0 Å². The molecule has 4 rings (SSSR count). The van der Waals surface area contributed by atoms with Crippen LogP contribution in [0.3, 0.4) is 0 Å². The van der Waals surface area contributed by atoms with Gasteiger partial charge in [0.25, 0.3) is 5.91 Å². The molecule has 0 radical (unpaired) electrons. The molecule has 0 bridgehead atoms. The minimum Gasteiger partial charge on any atom is -0.493 e. The Kier molecular flexibility index (Phi) is 8.46. The molecule has 0 heterocycles. The lowest BCUT2D eigenvalue weighted by Gasteiger charge is -2.12. The van der Waals surface area contributed by atoms with Crippen molar-refractivity contribution in [2.45, 2.75) is 13.0 Å². The molecule has 0 aliphatic carbocycles. The number of carbonyl (C=O) groups is 1. The maximum absolute atomic E-state index is 12.6. The van der Waals surface area contributed by atoms with Gasteiger partial charge in [-0.1, -0.05) is 66.7 Å². The van der Waals surface area contributed by atoms with Crippen LogP contribution in [0, 0.1) is 0 Å². The van der Waals surface area contributed by atoms with Gasteiger partial charge in [-0.05, 0) is 59.7 Å². The summed E-state index contributed by atoms with van der Waals surface area (Å²) in [6.07, 6.45) is 0.821. The molecule has 0 saturated carbocycles. The first-order chi connectivity index (χ1) is 17.2. The van der Waals surface area contributed by atoms with E-state index in [4.69, 9.17) is 21.7 Å². The number of anilines is 1. The Labute approximate surface area is 210 Å². The van der Waals surface area contributed by atoms with Gasteiger partial charge in [-0.25, -0.2) is 0 Å². The van der Waals surface area contributed by atoms with E-state index in [1.54, 1.807) is 24.3 Å². The molecule has 0 aliphatic heterocycles. The highest BCUT2D eigenvalue weighted by atomic mass is 32.1. The van der Waals surface area contributed by atoms with Gasteiger partial charge in [0.1, 0.15) is 18.1 Å². The van der Waals surface area contributed by atoms with Crippen molar-refractivity contribution in [2.75, 3.05) is 11.9 Å². The van der Waals surface area contributed by atoms with Crippen LogP contribution in [-0.4, -0.2) is 17.6 Å². The van der Waals surface area contributed by atoms with Crippen molar-refractivity contribution in [2.24, 2.45) is 0 Å². The maximum atomic E-state index is 12.6. The van der Waals surface area contributed by atoms with Gasteiger partial charge >= 0.3 is 0 Å². The SMILES string of the molecule is O=C(NC(=S)Nc1cccc(OCc2ccccc2)c1)c1ccc(OCCc2ccccc2)cc1. The van der Waals surface area contributed by atoms with Crippen molar-refractivity contribution in [1.82, 2.24) is 5.32 Å². The third-order valence-electron chi connectivity index (χ3n) is 5.19. The molecule has 2 N–H and O–H groups in total. The largest absolute Gasteiger partial charge is 0.493 e. The Balaban J connectivity index is 1.24.